The zero-order chi connectivity index (χ0) is 13.9. The second-order valence-corrected chi connectivity index (χ2v) is 6.42. The molecule has 0 aliphatic heterocycles. The predicted molar refractivity (Wildman–Crippen MR) is 80.3 cm³/mol. The first-order valence-electron chi connectivity index (χ1n) is 7.47. The molecule has 0 bridgehead atoms. The lowest BCUT2D eigenvalue weighted by molar-refractivity contribution is 0.183. The van der Waals surface area contributed by atoms with Crippen LogP contribution in [0.15, 0.2) is 24.3 Å². The first-order chi connectivity index (χ1) is 9.07. The normalized spacial score (nSPS) is 19.6. The van der Waals surface area contributed by atoms with Gasteiger partial charge in [-0.15, -0.1) is 0 Å². The average Bonchev–Trinajstić information content (AvgIpc) is 2.86. The molecule has 19 heavy (non-hydrogen) atoms. The molecule has 1 aromatic carbocycles. The van der Waals surface area contributed by atoms with Crippen molar-refractivity contribution in [1.29, 1.82) is 0 Å². The van der Waals surface area contributed by atoms with Crippen LogP contribution >= 0.6 is 0 Å². The molecule has 1 aliphatic carbocycles. The fraction of sp³-hybridized carbons (Fsp3) is 0.647. The summed E-state index contributed by atoms with van der Waals surface area (Å²) in [5.41, 5.74) is 8.17. The molecule has 1 aliphatic rings. The van der Waals surface area contributed by atoms with Crippen LogP contribution in [-0.4, -0.2) is 7.11 Å². The minimum Gasteiger partial charge on any atom is -0.497 e. The third-order valence-electron chi connectivity index (χ3n) is 4.53. The number of nitrogens with two attached hydrogens (primary N) is 1. The van der Waals surface area contributed by atoms with E-state index in [2.05, 4.69) is 26.0 Å². The molecule has 2 heteroatoms. The Morgan fingerprint density at radius 3 is 2.53 bits per heavy atom. The van der Waals surface area contributed by atoms with Crippen LogP contribution in [-0.2, 0) is 0 Å². The zero-order valence-electron chi connectivity index (χ0n) is 12.5. The second kappa shape index (κ2) is 5.96. The molecule has 2 N–H and O–H groups in total. The van der Waals surface area contributed by atoms with E-state index in [0.717, 1.165) is 5.75 Å². The summed E-state index contributed by atoms with van der Waals surface area (Å²) in [5.74, 6) is 1.61. The third kappa shape index (κ3) is 3.11. The topological polar surface area (TPSA) is 35.2 Å². The van der Waals surface area contributed by atoms with E-state index >= 15 is 0 Å². The Morgan fingerprint density at radius 1 is 1.26 bits per heavy atom. The molecule has 1 aromatic rings. The highest BCUT2D eigenvalue weighted by atomic mass is 16.5. The van der Waals surface area contributed by atoms with Gasteiger partial charge in [-0.05, 0) is 48.3 Å². The first-order valence-corrected chi connectivity index (χ1v) is 7.47. The van der Waals surface area contributed by atoms with Crippen molar-refractivity contribution in [1.82, 2.24) is 0 Å². The number of hydrogen-bond donors (Lipinski definition) is 1. The molecule has 0 aromatic heterocycles. The number of methoxy groups -OCH3 is 1. The summed E-state index contributed by atoms with van der Waals surface area (Å²) in [6, 6.07) is 8.41. The minimum atomic E-state index is 0.132. The lowest BCUT2D eigenvalue weighted by atomic mass is 9.71. The van der Waals surface area contributed by atoms with Crippen molar-refractivity contribution in [3.8, 4) is 5.75 Å². The van der Waals surface area contributed by atoms with Crippen molar-refractivity contribution in [3.63, 3.8) is 0 Å². The Hall–Kier alpha value is -1.02. The minimum absolute atomic E-state index is 0.132. The Kier molecular flexibility index (Phi) is 4.51. The fourth-order valence-corrected chi connectivity index (χ4v) is 3.72. The van der Waals surface area contributed by atoms with Gasteiger partial charge in [0.1, 0.15) is 5.75 Å². The summed E-state index contributed by atoms with van der Waals surface area (Å²) in [7, 11) is 1.71. The largest absolute Gasteiger partial charge is 0.497 e. The van der Waals surface area contributed by atoms with Crippen LogP contribution in [0.5, 0.6) is 5.75 Å². The van der Waals surface area contributed by atoms with Gasteiger partial charge in [0, 0.05) is 6.04 Å². The van der Waals surface area contributed by atoms with Crippen molar-refractivity contribution < 1.29 is 4.74 Å². The van der Waals surface area contributed by atoms with Gasteiger partial charge in [-0.25, -0.2) is 0 Å². The van der Waals surface area contributed by atoms with Gasteiger partial charge in [-0.1, -0.05) is 38.8 Å². The van der Waals surface area contributed by atoms with E-state index in [0.29, 0.717) is 11.3 Å². The highest BCUT2D eigenvalue weighted by Crippen LogP contribution is 2.50. The lowest BCUT2D eigenvalue weighted by Gasteiger charge is -2.37. The SMILES string of the molecule is COc1cccc(C(N)C2(CC(C)C)CCCC2)c1. The molecule has 2 nitrogen and oxygen atoms in total. The fourth-order valence-electron chi connectivity index (χ4n) is 3.72. The van der Waals surface area contributed by atoms with Gasteiger partial charge in [0.05, 0.1) is 7.11 Å². The van der Waals surface area contributed by atoms with Gasteiger partial charge < -0.3 is 10.5 Å². The Balaban J connectivity index is 2.25. The average molecular weight is 261 g/mol. The number of ether oxygens (including phenoxy) is 1. The van der Waals surface area contributed by atoms with Gasteiger partial charge >= 0.3 is 0 Å². The first kappa shape index (κ1) is 14.4. The summed E-state index contributed by atoms with van der Waals surface area (Å²) >= 11 is 0. The lowest BCUT2D eigenvalue weighted by Crippen LogP contribution is -2.33. The summed E-state index contributed by atoms with van der Waals surface area (Å²) in [4.78, 5) is 0. The van der Waals surface area contributed by atoms with Crippen LogP contribution in [0.3, 0.4) is 0 Å². The molecule has 1 atom stereocenters. The van der Waals surface area contributed by atoms with Gasteiger partial charge in [0.15, 0.2) is 0 Å². The van der Waals surface area contributed by atoms with E-state index in [-0.39, 0.29) is 6.04 Å². The molecule has 1 fully saturated rings. The van der Waals surface area contributed by atoms with Gasteiger partial charge in [0.25, 0.3) is 0 Å². The molecule has 0 spiro atoms. The van der Waals surface area contributed by atoms with E-state index in [1.165, 1.54) is 37.7 Å². The van der Waals surface area contributed by atoms with Crippen LogP contribution in [0.25, 0.3) is 0 Å². The number of hydrogen-bond acceptors (Lipinski definition) is 2. The Bertz CT molecular complexity index is 407. The van der Waals surface area contributed by atoms with Crippen LogP contribution in [0.4, 0.5) is 0 Å². The van der Waals surface area contributed by atoms with E-state index in [1.54, 1.807) is 7.11 Å². The second-order valence-electron chi connectivity index (χ2n) is 6.42. The summed E-state index contributed by atoms with van der Waals surface area (Å²) in [6.07, 6.45) is 6.41. The number of benzene rings is 1. The maximum absolute atomic E-state index is 6.65. The summed E-state index contributed by atoms with van der Waals surface area (Å²) < 4.78 is 5.33. The van der Waals surface area contributed by atoms with Crippen LogP contribution < -0.4 is 10.5 Å². The van der Waals surface area contributed by atoms with Crippen LogP contribution in [0.1, 0.15) is 57.6 Å². The van der Waals surface area contributed by atoms with Crippen LogP contribution in [0.2, 0.25) is 0 Å². The van der Waals surface area contributed by atoms with Crippen molar-refractivity contribution in [2.24, 2.45) is 17.1 Å². The maximum atomic E-state index is 6.65. The maximum Gasteiger partial charge on any atom is 0.119 e. The smallest absolute Gasteiger partial charge is 0.119 e. The van der Waals surface area contributed by atoms with Crippen molar-refractivity contribution in [3.05, 3.63) is 29.8 Å². The van der Waals surface area contributed by atoms with Gasteiger partial charge in [-0.3, -0.25) is 0 Å². The highest BCUT2D eigenvalue weighted by Gasteiger charge is 2.40. The molecule has 0 radical (unpaired) electrons. The molecule has 0 saturated heterocycles. The van der Waals surface area contributed by atoms with Crippen molar-refractivity contribution >= 4 is 0 Å². The van der Waals surface area contributed by atoms with E-state index in [1.807, 2.05) is 12.1 Å². The highest BCUT2D eigenvalue weighted by molar-refractivity contribution is 5.31. The zero-order valence-corrected chi connectivity index (χ0v) is 12.5. The van der Waals surface area contributed by atoms with Crippen molar-refractivity contribution in [2.75, 3.05) is 7.11 Å². The summed E-state index contributed by atoms with van der Waals surface area (Å²) in [5, 5.41) is 0. The molecular formula is C17H27NO. The standard InChI is InChI=1S/C17H27NO/c1-13(2)12-17(9-4-5-10-17)16(18)14-7-6-8-15(11-14)19-3/h6-8,11,13,16H,4-5,9-10,12,18H2,1-3H3. The van der Waals surface area contributed by atoms with Crippen molar-refractivity contribution in [2.45, 2.75) is 52.0 Å². The van der Waals surface area contributed by atoms with E-state index in [9.17, 15) is 0 Å². The van der Waals surface area contributed by atoms with Gasteiger partial charge in [0.2, 0.25) is 0 Å². The molecular weight excluding hydrogens is 234 g/mol. The molecule has 0 amide bonds. The molecule has 1 unspecified atom stereocenters. The molecule has 1 saturated carbocycles. The van der Waals surface area contributed by atoms with Gasteiger partial charge in [-0.2, -0.15) is 0 Å². The van der Waals surface area contributed by atoms with E-state index < -0.39 is 0 Å². The molecule has 2 rings (SSSR count). The quantitative estimate of drug-likeness (QED) is 0.857. The van der Waals surface area contributed by atoms with Crippen LogP contribution in [0, 0.1) is 11.3 Å². The monoisotopic (exact) mass is 261 g/mol. The Morgan fingerprint density at radius 2 is 1.95 bits per heavy atom. The third-order valence-corrected chi connectivity index (χ3v) is 4.53. The molecule has 0 heterocycles. The van der Waals surface area contributed by atoms with E-state index in [4.69, 9.17) is 10.5 Å². The Labute approximate surface area is 117 Å². The summed E-state index contributed by atoms with van der Waals surface area (Å²) in [6.45, 7) is 4.61. The predicted octanol–water partition coefficient (Wildman–Crippen LogP) is 4.30. The number of rotatable bonds is 5. The molecule has 106 valence electrons.